The van der Waals surface area contributed by atoms with E-state index in [2.05, 4.69) is 4.74 Å². The lowest BCUT2D eigenvalue weighted by Crippen LogP contribution is -2.34. The zero-order valence-corrected chi connectivity index (χ0v) is 6.20. The molecule has 0 aromatic carbocycles. The number of ether oxygens (including phenoxy) is 1. The predicted octanol–water partition coefficient (Wildman–Crippen LogP) is 1.93. The Labute approximate surface area is 63.5 Å². The average Bonchev–Trinajstić information content (AvgIpc) is 1.86. The number of rotatable bonds is 3. The van der Waals surface area contributed by atoms with Crippen molar-refractivity contribution in [3.8, 4) is 5.92 Å². The first-order valence-corrected chi connectivity index (χ1v) is 3.02. The second-order valence-electron chi connectivity index (χ2n) is 2.08. The summed E-state index contributed by atoms with van der Waals surface area (Å²) < 4.78 is 40.4. The third kappa shape index (κ3) is 3.28. The van der Waals surface area contributed by atoms with Crippen LogP contribution in [0.5, 0.6) is 0 Å². The van der Waals surface area contributed by atoms with Gasteiger partial charge in [0, 0.05) is 0 Å². The van der Waals surface area contributed by atoms with E-state index in [1.165, 1.54) is 6.92 Å². The van der Waals surface area contributed by atoms with Crippen molar-refractivity contribution in [2.24, 2.45) is 0 Å². The largest absolute Gasteiger partial charge is 0.387 e. The summed E-state index contributed by atoms with van der Waals surface area (Å²) in [6, 6.07) is 0. The summed E-state index contributed by atoms with van der Waals surface area (Å²) in [5.41, 5.74) is 0. The highest BCUT2D eigenvalue weighted by atomic mass is 19.3. The second-order valence-corrected chi connectivity index (χ2v) is 2.08. The lowest BCUT2D eigenvalue weighted by molar-refractivity contribution is -0.279. The molecule has 0 aliphatic carbocycles. The van der Waals surface area contributed by atoms with Crippen LogP contribution in [0.2, 0.25) is 0 Å². The molecule has 0 aliphatic rings. The van der Waals surface area contributed by atoms with Gasteiger partial charge in [-0.2, -0.15) is 8.78 Å². The van der Waals surface area contributed by atoms with Crippen LogP contribution in [0.15, 0.2) is 0 Å². The molecule has 0 amide bonds. The molecule has 0 saturated carbocycles. The van der Waals surface area contributed by atoms with Gasteiger partial charge in [0.15, 0.2) is 6.17 Å². The third-order valence-corrected chi connectivity index (χ3v) is 1.00. The minimum absolute atomic E-state index is 0.691. The molecule has 2 unspecified atom stereocenters. The highest BCUT2D eigenvalue weighted by Crippen LogP contribution is 2.24. The first-order valence-electron chi connectivity index (χ1n) is 3.02. The van der Waals surface area contributed by atoms with Crippen molar-refractivity contribution in [3.05, 3.63) is 6.42 Å². The van der Waals surface area contributed by atoms with Crippen LogP contribution in [0.1, 0.15) is 13.8 Å². The average molecular weight is 165 g/mol. The molecular weight excluding hydrogens is 157 g/mol. The van der Waals surface area contributed by atoms with Crippen LogP contribution in [0.3, 0.4) is 0 Å². The van der Waals surface area contributed by atoms with Gasteiger partial charge in [-0.3, -0.25) is 0 Å². The van der Waals surface area contributed by atoms with Gasteiger partial charge in [-0.25, -0.2) is 4.39 Å². The first kappa shape index (κ1) is 10.3. The molecule has 0 saturated heterocycles. The van der Waals surface area contributed by atoms with E-state index in [-0.39, 0.29) is 0 Å². The molecule has 0 aliphatic heterocycles. The highest BCUT2D eigenvalue weighted by molar-refractivity contribution is 4.86. The molecule has 0 rings (SSSR count). The molecular formula is C7H8F3O. The zero-order valence-electron chi connectivity index (χ0n) is 6.20. The van der Waals surface area contributed by atoms with E-state index in [1.807, 2.05) is 0 Å². The molecule has 1 nitrogen and oxygen atoms in total. The van der Waals surface area contributed by atoms with Gasteiger partial charge in [-0.1, -0.05) is 5.92 Å². The zero-order chi connectivity index (χ0) is 9.07. The van der Waals surface area contributed by atoms with Gasteiger partial charge in [0.1, 0.15) is 6.10 Å². The van der Waals surface area contributed by atoms with Crippen molar-refractivity contribution in [2.45, 2.75) is 32.2 Å². The van der Waals surface area contributed by atoms with Crippen molar-refractivity contribution < 1.29 is 17.9 Å². The monoisotopic (exact) mass is 165 g/mol. The van der Waals surface area contributed by atoms with Crippen LogP contribution in [0, 0.1) is 12.3 Å². The maximum Gasteiger partial charge on any atom is 0.387 e. The molecule has 0 N–H and O–H groups in total. The fourth-order valence-electron chi connectivity index (χ4n) is 0.359. The van der Waals surface area contributed by atoms with E-state index >= 15 is 0 Å². The molecule has 0 aromatic rings. The summed E-state index contributed by atoms with van der Waals surface area (Å²) >= 11 is 0. The topological polar surface area (TPSA) is 9.23 Å². The lowest BCUT2D eigenvalue weighted by Gasteiger charge is -2.19. The van der Waals surface area contributed by atoms with Crippen molar-refractivity contribution >= 4 is 0 Å². The lowest BCUT2D eigenvalue weighted by atomic mass is 10.4. The molecule has 11 heavy (non-hydrogen) atoms. The molecule has 2 atom stereocenters. The molecule has 4 heteroatoms. The smallest absolute Gasteiger partial charge is 0.302 e. The number of halogens is 3. The van der Waals surface area contributed by atoms with Gasteiger partial charge in [-0.05, 0) is 20.3 Å². The van der Waals surface area contributed by atoms with Gasteiger partial charge in [0.2, 0.25) is 0 Å². The standard InChI is InChI=1S/C7H8F3O/c1-4-5(2)11-7(9,10)6(3)8/h5-6H,2-3H3. The summed E-state index contributed by atoms with van der Waals surface area (Å²) in [6.07, 6.45) is -0.995. The predicted molar refractivity (Wildman–Crippen MR) is 33.2 cm³/mol. The van der Waals surface area contributed by atoms with E-state index in [1.54, 1.807) is 5.92 Å². The molecule has 1 radical (unpaired) electrons. The maximum absolute atomic E-state index is 12.3. The molecule has 0 bridgehead atoms. The van der Waals surface area contributed by atoms with Crippen LogP contribution in [0.4, 0.5) is 13.2 Å². The summed E-state index contributed by atoms with van der Waals surface area (Å²) in [7, 11) is 0. The molecule has 0 heterocycles. The normalized spacial score (nSPS) is 17.1. The van der Waals surface area contributed by atoms with Crippen LogP contribution < -0.4 is 0 Å². The van der Waals surface area contributed by atoms with Crippen molar-refractivity contribution in [2.75, 3.05) is 0 Å². The molecule has 0 fully saturated rings. The highest BCUT2D eigenvalue weighted by Gasteiger charge is 2.39. The Bertz CT molecular complexity index is 160. The Morgan fingerprint density at radius 3 is 2.18 bits per heavy atom. The second kappa shape index (κ2) is 3.63. The minimum Gasteiger partial charge on any atom is -0.302 e. The summed E-state index contributed by atoms with van der Waals surface area (Å²) in [6.45, 7) is 1.87. The van der Waals surface area contributed by atoms with Crippen molar-refractivity contribution in [1.29, 1.82) is 0 Å². The molecule has 0 aromatic heterocycles. The first-order chi connectivity index (χ1) is 4.90. The number of hydrogen-bond donors (Lipinski definition) is 0. The fraction of sp³-hybridized carbons (Fsp3) is 0.714. The Morgan fingerprint density at radius 2 is 1.91 bits per heavy atom. The van der Waals surface area contributed by atoms with E-state index in [0.717, 1.165) is 0 Å². The van der Waals surface area contributed by atoms with Crippen LogP contribution in [-0.2, 0) is 4.74 Å². The Hall–Kier alpha value is -0.690. The SMILES string of the molecule is [C]#CC(C)OC(F)(F)C(C)F. The van der Waals surface area contributed by atoms with Gasteiger partial charge in [0.05, 0.1) is 0 Å². The quantitative estimate of drug-likeness (QED) is 0.580. The van der Waals surface area contributed by atoms with Gasteiger partial charge in [-0.15, -0.1) is 0 Å². The van der Waals surface area contributed by atoms with Crippen LogP contribution in [-0.4, -0.2) is 18.4 Å². The Kier molecular flexibility index (Phi) is 3.40. The van der Waals surface area contributed by atoms with E-state index < -0.39 is 18.4 Å². The molecule has 0 spiro atoms. The van der Waals surface area contributed by atoms with Gasteiger partial charge >= 0.3 is 6.11 Å². The Morgan fingerprint density at radius 1 is 1.45 bits per heavy atom. The Balaban J connectivity index is 4.04. The summed E-state index contributed by atoms with van der Waals surface area (Å²) in [5.74, 6) is 1.66. The van der Waals surface area contributed by atoms with Crippen LogP contribution in [0.25, 0.3) is 0 Å². The van der Waals surface area contributed by atoms with E-state index in [0.29, 0.717) is 6.92 Å². The summed E-state index contributed by atoms with van der Waals surface area (Å²) in [4.78, 5) is 0. The van der Waals surface area contributed by atoms with Crippen molar-refractivity contribution in [3.63, 3.8) is 0 Å². The van der Waals surface area contributed by atoms with E-state index in [4.69, 9.17) is 6.42 Å². The number of hydrogen-bond acceptors (Lipinski definition) is 1. The number of alkyl halides is 3. The van der Waals surface area contributed by atoms with E-state index in [9.17, 15) is 13.2 Å². The maximum atomic E-state index is 12.3. The molecule has 63 valence electrons. The summed E-state index contributed by atoms with van der Waals surface area (Å²) in [5, 5.41) is 0. The van der Waals surface area contributed by atoms with Crippen LogP contribution >= 0.6 is 0 Å². The third-order valence-electron chi connectivity index (χ3n) is 1.00. The fourth-order valence-corrected chi connectivity index (χ4v) is 0.359. The minimum atomic E-state index is -3.83. The van der Waals surface area contributed by atoms with Crippen molar-refractivity contribution in [1.82, 2.24) is 0 Å². The van der Waals surface area contributed by atoms with Gasteiger partial charge < -0.3 is 4.74 Å². The van der Waals surface area contributed by atoms with Gasteiger partial charge in [0.25, 0.3) is 0 Å².